The van der Waals surface area contributed by atoms with Crippen LogP contribution in [-0.2, 0) is 4.79 Å². The average Bonchev–Trinajstić information content (AvgIpc) is 2.41. The fraction of sp³-hybridized carbons (Fsp3) is 0.533. The molecule has 1 rings (SSSR count). The topological polar surface area (TPSA) is 55.6 Å². The first-order chi connectivity index (χ1) is 9.13. The maximum Gasteiger partial charge on any atom is 0.225 e. The number of nitrogens with zero attached hydrogens (tertiary/aromatic N) is 1. The minimum absolute atomic E-state index is 0.131. The fourth-order valence-corrected chi connectivity index (χ4v) is 1.73. The van der Waals surface area contributed by atoms with Crippen molar-refractivity contribution >= 4 is 11.6 Å². The second-order valence-corrected chi connectivity index (χ2v) is 4.69. The number of benzene rings is 1. The van der Waals surface area contributed by atoms with Gasteiger partial charge in [0, 0.05) is 19.3 Å². The summed E-state index contributed by atoms with van der Waals surface area (Å²) in [6.07, 6.45) is 3.81. The lowest BCUT2D eigenvalue weighted by atomic mass is 10.2. The lowest BCUT2D eigenvalue weighted by Gasteiger charge is -2.17. The van der Waals surface area contributed by atoms with Gasteiger partial charge in [-0.15, -0.1) is 0 Å². The first-order valence-corrected chi connectivity index (χ1v) is 6.85. The third kappa shape index (κ3) is 6.13. The van der Waals surface area contributed by atoms with Gasteiger partial charge in [-0.1, -0.05) is 19.8 Å². The molecule has 0 aromatic heterocycles. The van der Waals surface area contributed by atoms with Crippen LogP contribution in [0.1, 0.15) is 32.6 Å². The third-order valence-electron chi connectivity index (χ3n) is 2.99. The van der Waals surface area contributed by atoms with Gasteiger partial charge in [-0.2, -0.15) is 0 Å². The number of carbonyl (C=O) groups excluding carboxylic acids is 1. The van der Waals surface area contributed by atoms with Crippen molar-refractivity contribution in [3.05, 3.63) is 24.3 Å². The summed E-state index contributed by atoms with van der Waals surface area (Å²) in [4.78, 5) is 13.6. The maximum absolute atomic E-state index is 11.8. The predicted molar refractivity (Wildman–Crippen MR) is 78.1 cm³/mol. The van der Waals surface area contributed by atoms with Crippen LogP contribution in [-0.4, -0.2) is 31.0 Å². The van der Waals surface area contributed by atoms with E-state index in [9.17, 15) is 4.79 Å². The van der Waals surface area contributed by atoms with Gasteiger partial charge in [0.05, 0.1) is 13.0 Å². The normalized spacial score (nSPS) is 10.2. The predicted octanol–water partition coefficient (Wildman–Crippen LogP) is 2.69. The number of nitrogens with two attached hydrogens (primary N) is 1. The van der Waals surface area contributed by atoms with Crippen LogP contribution in [0.3, 0.4) is 0 Å². The molecule has 1 amide bonds. The first-order valence-electron chi connectivity index (χ1n) is 6.85. The van der Waals surface area contributed by atoms with Crippen molar-refractivity contribution in [2.24, 2.45) is 0 Å². The average molecular weight is 264 g/mol. The van der Waals surface area contributed by atoms with Crippen molar-refractivity contribution in [3.63, 3.8) is 0 Å². The molecule has 0 aliphatic carbocycles. The molecule has 2 N–H and O–H groups in total. The Kier molecular flexibility index (Phi) is 6.79. The van der Waals surface area contributed by atoms with Gasteiger partial charge in [0.1, 0.15) is 5.75 Å². The van der Waals surface area contributed by atoms with E-state index in [0.717, 1.165) is 18.7 Å². The summed E-state index contributed by atoms with van der Waals surface area (Å²) >= 11 is 0. The molecule has 0 unspecified atom stereocenters. The number of ether oxygens (including phenoxy) is 1. The molecule has 0 fully saturated rings. The minimum atomic E-state index is 0.131. The zero-order valence-corrected chi connectivity index (χ0v) is 11.9. The van der Waals surface area contributed by atoms with Gasteiger partial charge < -0.3 is 15.4 Å². The van der Waals surface area contributed by atoms with Crippen molar-refractivity contribution in [3.8, 4) is 5.75 Å². The van der Waals surface area contributed by atoms with Crippen molar-refractivity contribution in [2.75, 3.05) is 25.9 Å². The standard InChI is InChI=1S/C15H24N2O2/c1-3-4-5-11-17(2)15(18)10-12-19-14-8-6-13(16)7-9-14/h6-9H,3-5,10-12,16H2,1-2H3. The Balaban J connectivity index is 2.21. The Morgan fingerprint density at radius 2 is 1.95 bits per heavy atom. The molecule has 0 radical (unpaired) electrons. The number of hydrogen-bond acceptors (Lipinski definition) is 3. The molecule has 0 spiro atoms. The summed E-state index contributed by atoms with van der Waals surface area (Å²) in [5.74, 6) is 0.877. The number of unbranched alkanes of at least 4 members (excludes halogenated alkanes) is 2. The lowest BCUT2D eigenvalue weighted by Crippen LogP contribution is -2.28. The highest BCUT2D eigenvalue weighted by atomic mass is 16.5. The molecule has 0 aliphatic rings. The largest absolute Gasteiger partial charge is 0.493 e. The van der Waals surface area contributed by atoms with Crippen molar-refractivity contribution in [1.29, 1.82) is 0 Å². The monoisotopic (exact) mass is 264 g/mol. The van der Waals surface area contributed by atoms with Gasteiger partial charge in [0.2, 0.25) is 5.91 Å². The summed E-state index contributed by atoms with van der Waals surface area (Å²) in [5.41, 5.74) is 6.29. The maximum atomic E-state index is 11.8. The summed E-state index contributed by atoms with van der Waals surface area (Å²) in [7, 11) is 1.85. The van der Waals surface area contributed by atoms with Crippen molar-refractivity contribution < 1.29 is 9.53 Å². The summed E-state index contributed by atoms with van der Waals surface area (Å²) in [5, 5.41) is 0. The molecular weight excluding hydrogens is 240 g/mol. The van der Waals surface area contributed by atoms with Crippen LogP contribution in [0.5, 0.6) is 5.75 Å². The molecule has 0 atom stereocenters. The third-order valence-corrected chi connectivity index (χ3v) is 2.99. The van der Waals surface area contributed by atoms with Gasteiger partial charge in [0.25, 0.3) is 0 Å². The fourth-order valence-electron chi connectivity index (χ4n) is 1.73. The van der Waals surface area contributed by atoms with Gasteiger partial charge in [-0.25, -0.2) is 0 Å². The first kappa shape index (κ1) is 15.3. The van der Waals surface area contributed by atoms with Gasteiger partial charge in [-0.3, -0.25) is 4.79 Å². The quantitative estimate of drug-likeness (QED) is 0.580. The summed E-state index contributed by atoms with van der Waals surface area (Å²) in [6.45, 7) is 3.39. The number of anilines is 1. The lowest BCUT2D eigenvalue weighted by molar-refractivity contribution is -0.130. The van der Waals surface area contributed by atoms with Gasteiger partial charge in [-0.05, 0) is 30.7 Å². The Bertz CT molecular complexity index is 376. The highest BCUT2D eigenvalue weighted by Gasteiger charge is 2.08. The zero-order chi connectivity index (χ0) is 14.1. The van der Waals surface area contributed by atoms with Gasteiger partial charge >= 0.3 is 0 Å². The molecule has 4 nitrogen and oxygen atoms in total. The van der Waals surface area contributed by atoms with E-state index in [1.807, 2.05) is 19.2 Å². The van der Waals surface area contributed by atoms with Crippen LogP contribution in [0.2, 0.25) is 0 Å². The minimum Gasteiger partial charge on any atom is -0.493 e. The molecule has 106 valence electrons. The number of rotatable bonds is 8. The van der Waals surface area contributed by atoms with Gasteiger partial charge in [0.15, 0.2) is 0 Å². The van der Waals surface area contributed by atoms with E-state index < -0.39 is 0 Å². The van der Waals surface area contributed by atoms with E-state index in [4.69, 9.17) is 10.5 Å². The Morgan fingerprint density at radius 3 is 2.58 bits per heavy atom. The molecule has 0 heterocycles. The molecule has 1 aromatic carbocycles. The highest BCUT2D eigenvalue weighted by molar-refractivity contribution is 5.75. The summed E-state index contributed by atoms with van der Waals surface area (Å²) < 4.78 is 5.50. The van der Waals surface area contributed by atoms with E-state index in [1.165, 1.54) is 12.8 Å². The van der Waals surface area contributed by atoms with Crippen molar-refractivity contribution in [2.45, 2.75) is 32.6 Å². The number of amides is 1. The van der Waals surface area contributed by atoms with Crippen molar-refractivity contribution in [1.82, 2.24) is 4.90 Å². The highest BCUT2D eigenvalue weighted by Crippen LogP contribution is 2.13. The van der Waals surface area contributed by atoms with Crippen LogP contribution >= 0.6 is 0 Å². The summed E-state index contributed by atoms with van der Waals surface area (Å²) in [6, 6.07) is 7.19. The van der Waals surface area contributed by atoms with E-state index in [0.29, 0.717) is 18.7 Å². The SMILES string of the molecule is CCCCCN(C)C(=O)CCOc1ccc(N)cc1. The molecule has 0 bridgehead atoms. The van der Waals surface area contributed by atoms with E-state index in [2.05, 4.69) is 6.92 Å². The molecule has 0 aliphatic heterocycles. The smallest absolute Gasteiger partial charge is 0.225 e. The van der Waals surface area contributed by atoms with Crippen LogP contribution in [0.4, 0.5) is 5.69 Å². The van der Waals surface area contributed by atoms with Crippen LogP contribution < -0.4 is 10.5 Å². The van der Waals surface area contributed by atoms with E-state index in [1.54, 1.807) is 17.0 Å². The molecule has 0 saturated heterocycles. The Morgan fingerprint density at radius 1 is 1.26 bits per heavy atom. The van der Waals surface area contributed by atoms with E-state index in [-0.39, 0.29) is 5.91 Å². The molecular formula is C15H24N2O2. The van der Waals surface area contributed by atoms with E-state index >= 15 is 0 Å². The Hall–Kier alpha value is -1.71. The molecule has 0 saturated carbocycles. The zero-order valence-electron chi connectivity index (χ0n) is 11.9. The molecule has 4 heteroatoms. The number of hydrogen-bond donors (Lipinski definition) is 1. The van der Waals surface area contributed by atoms with Crippen LogP contribution in [0, 0.1) is 0 Å². The second kappa shape index (κ2) is 8.40. The second-order valence-electron chi connectivity index (χ2n) is 4.69. The van der Waals surface area contributed by atoms with Crippen LogP contribution in [0.25, 0.3) is 0 Å². The number of carbonyl (C=O) groups is 1. The molecule has 1 aromatic rings. The molecule has 19 heavy (non-hydrogen) atoms. The number of nitrogen functional groups attached to an aromatic ring is 1. The Labute approximate surface area is 115 Å². The van der Waals surface area contributed by atoms with Crippen LogP contribution in [0.15, 0.2) is 24.3 Å².